The number of nitrogens with two attached hydrogens (primary N) is 1. The van der Waals surface area contributed by atoms with Gasteiger partial charge in [0.1, 0.15) is 0 Å². The van der Waals surface area contributed by atoms with Crippen molar-refractivity contribution < 1.29 is 24.0 Å². The zero-order chi connectivity index (χ0) is 22.4. The molecule has 0 spiro atoms. The van der Waals surface area contributed by atoms with Crippen LogP contribution in [0, 0.1) is 10.1 Å². The number of urea groups is 1. The van der Waals surface area contributed by atoms with E-state index in [-0.39, 0.29) is 23.8 Å². The van der Waals surface area contributed by atoms with Crippen molar-refractivity contribution in [3.8, 4) is 0 Å². The van der Waals surface area contributed by atoms with E-state index in [1.165, 1.54) is 36.4 Å². The summed E-state index contributed by atoms with van der Waals surface area (Å²) in [5, 5.41) is 13.1. The van der Waals surface area contributed by atoms with Gasteiger partial charge >= 0.3 is 12.0 Å². The topological polar surface area (TPSA) is 148 Å². The second-order valence-electron chi connectivity index (χ2n) is 6.78. The molecule has 2 aromatic rings. The Morgan fingerprint density at radius 1 is 1.00 bits per heavy atom. The zero-order valence-electron chi connectivity index (χ0n) is 16.5. The van der Waals surface area contributed by atoms with E-state index in [2.05, 4.69) is 5.32 Å². The van der Waals surface area contributed by atoms with Gasteiger partial charge in [0.2, 0.25) is 0 Å². The normalized spacial score (nSPS) is 13.4. The van der Waals surface area contributed by atoms with E-state index in [1.807, 2.05) is 4.90 Å². The number of hydrogen-bond acceptors (Lipinski definition) is 7. The van der Waals surface area contributed by atoms with E-state index in [0.29, 0.717) is 31.9 Å². The fourth-order valence-corrected chi connectivity index (χ4v) is 3.13. The maximum absolute atomic E-state index is 12.4. The predicted octanol–water partition coefficient (Wildman–Crippen LogP) is 1.59. The Kier molecular flexibility index (Phi) is 6.65. The van der Waals surface area contributed by atoms with E-state index < -0.39 is 16.9 Å². The van der Waals surface area contributed by atoms with Crippen LogP contribution in [-0.2, 0) is 9.53 Å². The highest BCUT2D eigenvalue weighted by molar-refractivity contribution is 5.93. The number of anilines is 2. The SMILES string of the molecule is NC(=O)Nc1ccc(C(=O)OCC(=O)N2CCN(c3ccc([N+](=O)[O-])cc3)CC2)cc1. The number of primary amides is 1. The summed E-state index contributed by atoms with van der Waals surface area (Å²) in [5.74, 6) is -0.952. The maximum Gasteiger partial charge on any atom is 0.338 e. The molecule has 1 aliphatic heterocycles. The fraction of sp³-hybridized carbons (Fsp3) is 0.250. The van der Waals surface area contributed by atoms with Gasteiger partial charge in [0.25, 0.3) is 11.6 Å². The van der Waals surface area contributed by atoms with Gasteiger partial charge in [0.05, 0.1) is 10.5 Å². The van der Waals surface area contributed by atoms with Crippen LogP contribution in [0.1, 0.15) is 10.4 Å². The Morgan fingerprint density at radius 2 is 1.61 bits per heavy atom. The first kappa shape index (κ1) is 21.6. The predicted molar refractivity (Wildman–Crippen MR) is 112 cm³/mol. The van der Waals surface area contributed by atoms with E-state index in [1.54, 1.807) is 17.0 Å². The molecule has 0 saturated carbocycles. The van der Waals surface area contributed by atoms with Gasteiger partial charge in [-0.2, -0.15) is 0 Å². The van der Waals surface area contributed by atoms with E-state index >= 15 is 0 Å². The summed E-state index contributed by atoms with van der Waals surface area (Å²) < 4.78 is 5.09. The molecular formula is C20H21N5O6. The second-order valence-corrected chi connectivity index (χ2v) is 6.78. The number of nitrogens with zero attached hydrogens (tertiary/aromatic N) is 3. The van der Waals surface area contributed by atoms with Crippen LogP contribution in [-0.4, -0.2) is 60.5 Å². The number of hydrogen-bond donors (Lipinski definition) is 2. The molecule has 0 atom stereocenters. The molecule has 0 bridgehead atoms. The minimum Gasteiger partial charge on any atom is -0.452 e. The number of rotatable bonds is 6. The zero-order valence-corrected chi connectivity index (χ0v) is 16.5. The van der Waals surface area contributed by atoms with Gasteiger partial charge < -0.3 is 25.6 Å². The van der Waals surface area contributed by atoms with Crippen LogP contribution in [0.2, 0.25) is 0 Å². The average molecular weight is 427 g/mol. The quantitative estimate of drug-likeness (QED) is 0.404. The first-order chi connectivity index (χ1) is 14.8. The summed E-state index contributed by atoms with van der Waals surface area (Å²) in [4.78, 5) is 49.2. The summed E-state index contributed by atoms with van der Waals surface area (Å²) in [6, 6.07) is 11.5. The Labute approximate surface area is 177 Å². The van der Waals surface area contributed by atoms with Gasteiger partial charge in [0, 0.05) is 49.7 Å². The molecule has 0 aliphatic carbocycles. The summed E-state index contributed by atoms with van der Waals surface area (Å²) in [5.41, 5.74) is 6.57. The molecule has 1 fully saturated rings. The van der Waals surface area contributed by atoms with Crippen molar-refractivity contribution in [2.24, 2.45) is 5.73 Å². The molecule has 1 saturated heterocycles. The lowest BCUT2D eigenvalue weighted by Crippen LogP contribution is -2.49. The second kappa shape index (κ2) is 9.57. The molecule has 0 radical (unpaired) electrons. The molecular weight excluding hydrogens is 406 g/mol. The number of ether oxygens (including phenoxy) is 1. The number of non-ortho nitro benzene ring substituents is 1. The third-order valence-electron chi connectivity index (χ3n) is 4.77. The Balaban J connectivity index is 1.46. The summed E-state index contributed by atoms with van der Waals surface area (Å²) in [6.45, 7) is 1.64. The average Bonchev–Trinajstić information content (AvgIpc) is 2.77. The number of nitro groups is 1. The van der Waals surface area contributed by atoms with Gasteiger partial charge in [0.15, 0.2) is 6.61 Å². The van der Waals surface area contributed by atoms with Crippen LogP contribution >= 0.6 is 0 Å². The van der Waals surface area contributed by atoms with Crippen molar-refractivity contribution in [2.45, 2.75) is 0 Å². The third kappa shape index (κ3) is 5.69. The van der Waals surface area contributed by atoms with Gasteiger partial charge in [-0.25, -0.2) is 9.59 Å². The Bertz CT molecular complexity index is 969. The summed E-state index contributed by atoms with van der Waals surface area (Å²) in [6.07, 6.45) is 0. The molecule has 2 aromatic carbocycles. The lowest BCUT2D eigenvalue weighted by Gasteiger charge is -2.36. The van der Waals surface area contributed by atoms with Crippen LogP contribution < -0.4 is 16.0 Å². The number of amides is 3. The Hall–Kier alpha value is -4.15. The monoisotopic (exact) mass is 427 g/mol. The van der Waals surface area contributed by atoms with Crippen LogP contribution in [0.3, 0.4) is 0 Å². The van der Waals surface area contributed by atoms with Gasteiger partial charge in [-0.15, -0.1) is 0 Å². The molecule has 1 aliphatic rings. The van der Waals surface area contributed by atoms with Crippen molar-refractivity contribution in [1.82, 2.24) is 4.90 Å². The minimum absolute atomic E-state index is 0.0261. The fourth-order valence-electron chi connectivity index (χ4n) is 3.13. The summed E-state index contributed by atoms with van der Waals surface area (Å²) >= 11 is 0. The van der Waals surface area contributed by atoms with E-state index in [9.17, 15) is 24.5 Å². The smallest absolute Gasteiger partial charge is 0.338 e. The molecule has 3 N–H and O–H groups in total. The van der Waals surface area contributed by atoms with Gasteiger partial charge in [-0.05, 0) is 36.4 Å². The highest BCUT2D eigenvalue weighted by atomic mass is 16.6. The highest BCUT2D eigenvalue weighted by Gasteiger charge is 2.23. The van der Waals surface area contributed by atoms with Crippen molar-refractivity contribution >= 4 is 35.0 Å². The highest BCUT2D eigenvalue weighted by Crippen LogP contribution is 2.20. The van der Waals surface area contributed by atoms with Crippen LogP contribution in [0.5, 0.6) is 0 Å². The van der Waals surface area contributed by atoms with Crippen molar-refractivity contribution in [2.75, 3.05) is 43.0 Å². The number of carbonyl (C=O) groups is 3. The first-order valence-corrected chi connectivity index (χ1v) is 9.44. The molecule has 162 valence electrons. The molecule has 11 heteroatoms. The van der Waals surface area contributed by atoms with Crippen LogP contribution in [0.15, 0.2) is 48.5 Å². The van der Waals surface area contributed by atoms with Crippen LogP contribution in [0.4, 0.5) is 21.9 Å². The molecule has 3 amide bonds. The van der Waals surface area contributed by atoms with Gasteiger partial charge in [-0.3, -0.25) is 14.9 Å². The molecule has 0 aromatic heterocycles. The standard InChI is InChI=1S/C20H21N5O6/c21-20(28)22-15-3-1-14(2-4-15)19(27)31-13-18(26)24-11-9-23(10-12-24)16-5-7-17(8-6-16)25(29)30/h1-8H,9-13H2,(H3,21,22,28). The first-order valence-electron chi connectivity index (χ1n) is 9.44. The number of nitro benzene ring substituents is 1. The maximum atomic E-state index is 12.4. The van der Waals surface area contributed by atoms with E-state index in [4.69, 9.17) is 10.5 Å². The molecule has 0 unspecified atom stereocenters. The van der Waals surface area contributed by atoms with E-state index in [0.717, 1.165) is 5.69 Å². The van der Waals surface area contributed by atoms with Crippen molar-refractivity contribution in [3.05, 3.63) is 64.2 Å². The minimum atomic E-state index is -0.713. The third-order valence-corrected chi connectivity index (χ3v) is 4.77. The lowest BCUT2D eigenvalue weighted by molar-refractivity contribution is -0.384. The number of piperazine rings is 1. The summed E-state index contributed by atoms with van der Waals surface area (Å²) in [7, 11) is 0. The number of nitrogens with one attached hydrogen (secondary N) is 1. The molecule has 31 heavy (non-hydrogen) atoms. The Morgan fingerprint density at radius 3 is 2.16 bits per heavy atom. The molecule has 11 nitrogen and oxygen atoms in total. The largest absolute Gasteiger partial charge is 0.452 e. The van der Waals surface area contributed by atoms with Crippen LogP contribution in [0.25, 0.3) is 0 Å². The van der Waals surface area contributed by atoms with Crippen molar-refractivity contribution in [3.63, 3.8) is 0 Å². The van der Waals surface area contributed by atoms with Gasteiger partial charge in [-0.1, -0.05) is 0 Å². The van der Waals surface area contributed by atoms with Crippen molar-refractivity contribution in [1.29, 1.82) is 0 Å². The number of esters is 1. The number of carbonyl (C=O) groups excluding carboxylic acids is 3. The number of benzene rings is 2. The molecule has 1 heterocycles. The lowest BCUT2D eigenvalue weighted by atomic mass is 10.2. The molecule has 3 rings (SSSR count).